The number of carbonyl (C=O) groups is 2. The van der Waals surface area contributed by atoms with Gasteiger partial charge in [0, 0.05) is 53.2 Å². The first-order chi connectivity index (χ1) is 9.81. The fourth-order valence-corrected chi connectivity index (χ4v) is 2.01. The number of piperazine rings is 1. The highest BCUT2D eigenvalue weighted by molar-refractivity contribution is 14.0. The van der Waals surface area contributed by atoms with Crippen LogP contribution in [-0.4, -0.2) is 85.3 Å². The molecule has 0 saturated carbocycles. The van der Waals surface area contributed by atoms with Gasteiger partial charge in [-0.2, -0.15) is 0 Å². The molecule has 128 valence electrons. The Hall–Kier alpha value is -1.06. The lowest BCUT2D eigenvalue weighted by molar-refractivity contribution is -0.130. The highest BCUT2D eigenvalue weighted by Gasteiger charge is 2.21. The minimum absolute atomic E-state index is 0. The summed E-state index contributed by atoms with van der Waals surface area (Å²) in [5, 5.41) is 3.29. The van der Waals surface area contributed by atoms with Crippen LogP contribution in [-0.2, 0) is 9.59 Å². The average Bonchev–Trinajstić information content (AvgIpc) is 2.42. The highest BCUT2D eigenvalue weighted by Crippen LogP contribution is 2.03. The molecular formula is C14H28IN5O2. The Morgan fingerprint density at radius 2 is 1.64 bits per heavy atom. The quantitative estimate of drug-likeness (QED) is 0.399. The van der Waals surface area contributed by atoms with E-state index in [0.717, 1.165) is 19.0 Å². The van der Waals surface area contributed by atoms with Gasteiger partial charge in [0.05, 0.1) is 0 Å². The topological polar surface area (TPSA) is 68.2 Å². The molecule has 1 aliphatic heterocycles. The molecule has 7 nitrogen and oxygen atoms in total. The molecule has 0 aromatic carbocycles. The molecule has 2 amide bonds. The molecule has 0 bridgehead atoms. The van der Waals surface area contributed by atoms with Gasteiger partial charge < -0.3 is 20.0 Å². The molecule has 0 atom stereocenters. The summed E-state index contributed by atoms with van der Waals surface area (Å²) in [6, 6.07) is 0.240. The molecule has 1 heterocycles. The van der Waals surface area contributed by atoms with Gasteiger partial charge in [-0.25, -0.2) is 4.99 Å². The number of hydrogen-bond acceptors (Lipinski definition) is 3. The molecule has 0 aliphatic carbocycles. The van der Waals surface area contributed by atoms with Crippen LogP contribution in [0.4, 0.5) is 0 Å². The lowest BCUT2D eigenvalue weighted by atomic mass is 10.3. The van der Waals surface area contributed by atoms with Crippen LogP contribution in [0.25, 0.3) is 0 Å². The molecule has 8 heteroatoms. The van der Waals surface area contributed by atoms with E-state index in [-0.39, 0.29) is 48.4 Å². The fourth-order valence-electron chi connectivity index (χ4n) is 2.01. The SMILES string of the molecule is CC(=O)N1CCN(C(=NCC(=O)N(C)C)NC(C)C)CC1.I. The number of amides is 2. The van der Waals surface area contributed by atoms with E-state index >= 15 is 0 Å². The third-order valence-corrected chi connectivity index (χ3v) is 3.31. The van der Waals surface area contributed by atoms with E-state index in [4.69, 9.17) is 0 Å². The first kappa shape index (κ1) is 20.9. The molecule has 0 unspecified atom stereocenters. The fraction of sp³-hybridized carbons (Fsp3) is 0.786. The van der Waals surface area contributed by atoms with Crippen molar-refractivity contribution in [3.63, 3.8) is 0 Å². The zero-order valence-corrected chi connectivity index (χ0v) is 16.5. The first-order valence-corrected chi connectivity index (χ1v) is 7.33. The van der Waals surface area contributed by atoms with E-state index in [9.17, 15) is 9.59 Å². The lowest BCUT2D eigenvalue weighted by Gasteiger charge is -2.36. The maximum absolute atomic E-state index is 11.7. The van der Waals surface area contributed by atoms with Crippen molar-refractivity contribution in [3.8, 4) is 0 Å². The van der Waals surface area contributed by atoms with Gasteiger partial charge in [0.1, 0.15) is 6.54 Å². The van der Waals surface area contributed by atoms with Crippen molar-refractivity contribution in [2.45, 2.75) is 26.8 Å². The minimum atomic E-state index is -0.0274. The van der Waals surface area contributed by atoms with Gasteiger partial charge in [-0.15, -0.1) is 24.0 Å². The Morgan fingerprint density at radius 1 is 1.14 bits per heavy atom. The number of likely N-dealkylation sites (N-methyl/N-ethyl adjacent to an activating group) is 1. The molecule has 1 fully saturated rings. The monoisotopic (exact) mass is 425 g/mol. The number of aliphatic imine (C=N–C) groups is 1. The molecule has 1 aliphatic rings. The first-order valence-electron chi connectivity index (χ1n) is 7.33. The van der Waals surface area contributed by atoms with E-state index in [1.54, 1.807) is 21.0 Å². The Morgan fingerprint density at radius 3 is 2.05 bits per heavy atom. The van der Waals surface area contributed by atoms with E-state index in [2.05, 4.69) is 15.2 Å². The van der Waals surface area contributed by atoms with Crippen molar-refractivity contribution in [3.05, 3.63) is 0 Å². The van der Waals surface area contributed by atoms with Crippen LogP contribution in [0.1, 0.15) is 20.8 Å². The number of rotatable bonds is 3. The van der Waals surface area contributed by atoms with Crippen LogP contribution in [0.2, 0.25) is 0 Å². The van der Waals surface area contributed by atoms with Crippen molar-refractivity contribution >= 4 is 41.8 Å². The number of nitrogens with one attached hydrogen (secondary N) is 1. The summed E-state index contributed by atoms with van der Waals surface area (Å²) in [7, 11) is 3.44. The number of carbonyl (C=O) groups excluding carboxylic acids is 2. The smallest absolute Gasteiger partial charge is 0.243 e. The lowest BCUT2D eigenvalue weighted by Crippen LogP contribution is -2.54. The van der Waals surface area contributed by atoms with Gasteiger partial charge in [-0.05, 0) is 13.8 Å². The number of nitrogens with zero attached hydrogens (tertiary/aromatic N) is 4. The zero-order valence-electron chi connectivity index (χ0n) is 14.1. The molecule has 1 N–H and O–H groups in total. The van der Waals surface area contributed by atoms with Crippen molar-refractivity contribution in [2.75, 3.05) is 46.8 Å². The summed E-state index contributed by atoms with van der Waals surface area (Å²) in [6.07, 6.45) is 0. The minimum Gasteiger partial charge on any atom is -0.354 e. The number of guanidine groups is 1. The van der Waals surface area contributed by atoms with Crippen LogP contribution >= 0.6 is 24.0 Å². The Balaban J connectivity index is 0.00000441. The summed E-state index contributed by atoms with van der Waals surface area (Å²) >= 11 is 0. The predicted octanol–water partition coefficient (Wildman–Crippen LogP) is 0.211. The molecule has 1 rings (SSSR count). The van der Waals surface area contributed by atoms with Crippen molar-refractivity contribution < 1.29 is 9.59 Å². The molecule has 0 radical (unpaired) electrons. The summed E-state index contributed by atoms with van der Waals surface area (Å²) in [5.41, 5.74) is 0. The van der Waals surface area contributed by atoms with Crippen LogP contribution < -0.4 is 5.32 Å². The van der Waals surface area contributed by atoms with Crippen molar-refractivity contribution in [2.24, 2.45) is 4.99 Å². The van der Waals surface area contributed by atoms with Crippen LogP contribution in [0.5, 0.6) is 0 Å². The molecule has 0 aromatic rings. The van der Waals surface area contributed by atoms with Gasteiger partial charge in [-0.1, -0.05) is 0 Å². The zero-order chi connectivity index (χ0) is 16.0. The second-order valence-corrected chi connectivity index (χ2v) is 5.72. The maximum atomic E-state index is 11.7. The van der Waals surface area contributed by atoms with E-state index in [1.807, 2.05) is 18.7 Å². The summed E-state index contributed by atoms with van der Waals surface area (Å²) < 4.78 is 0. The van der Waals surface area contributed by atoms with Gasteiger partial charge >= 0.3 is 0 Å². The van der Waals surface area contributed by atoms with Gasteiger partial charge in [0.15, 0.2) is 5.96 Å². The third-order valence-electron chi connectivity index (χ3n) is 3.31. The largest absolute Gasteiger partial charge is 0.354 e. The van der Waals surface area contributed by atoms with Gasteiger partial charge in [0.2, 0.25) is 11.8 Å². The van der Waals surface area contributed by atoms with Crippen molar-refractivity contribution in [1.29, 1.82) is 0 Å². The summed E-state index contributed by atoms with van der Waals surface area (Å²) in [4.78, 5) is 32.9. The predicted molar refractivity (Wildman–Crippen MR) is 98.5 cm³/mol. The average molecular weight is 425 g/mol. The van der Waals surface area contributed by atoms with E-state index < -0.39 is 0 Å². The molecule has 1 saturated heterocycles. The Kier molecular flexibility index (Phi) is 9.38. The van der Waals surface area contributed by atoms with Crippen LogP contribution in [0, 0.1) is 0 Å². The van der Waals surface area contributed by atoms with Crippen LogP contribution in [0.3, 0.4) is 0 Å². The maximum Gasteiger partial charge on any atom is 0.243 e. The Bertz CT molecular complexity index is 404. The number of hydrogen-bond donors (Lipinski definition) is 1. The van der Waals surface area contributed by atoms with Crippen LogP contribution in [0.15, 0.2) is 4.99 Å². The second-order valence-electron chi connectivity index (χ2n) is 5.72. The molecule has 0 spiro atoms. The Labute approximate surface area is 150 Å². The summed E-state index contributed by atoms with van der Waals surface area (Å²) in [6.45, 7) is 8.64. The molecular weight excluding hydrogens is 397 g/mol. The normalized spacial score (nSPS) is 15.5. The molecule has 22 heavy (non-hydrogen) atoms. The van der Waals surface area contributed by atoms with E-state index in [0.29, 0.717) is 13.1 Å². The standard InChI is InChI=1S/C14H27N5O2.HI/c1-11(2)16-14(15-10-13(21)17(4)5)19-8-6-18(7-9-19)12(3)20;/h11H,6-10H2,1-5H3,(H,15,16);1H. The second kappa shape index (κ2) is 9.86. The van der Waals surface area contributed by atoms with Gasteiger partial charge in [0.25, 0.3) is 0 Å². The van der Waals surface area contributed by atoms with Crippen molar-refractivity contribution in [1.82, 2.24) is 20.0 Å². The third kappa shape index (κ3) is 6.80. The van der Waals surface area contributed by atoms with E-state index in [1.165, 1.54) is 4.90 Å². The summed E-state index contributed by atoms with van der Waals surface area (Å²) in [5.74, 6) is 0.816. The number of halogens is 1. The highest BCUT2D eigenvalue weighted by atomic mass is 127. The molecule has 0 aromatic heterocycles. The van der Waals surface area contributed by atoms with Gasteiger partial charge in [-0.3, -0.25) is 9.59 Å².